The van der Waals surface area contributed by atoms with Gasteiger partial charge in [-0.3, -0.25) is 4.79 Å². The molecule has 1 heterocycles. The maximum Gasteiger partial charge on any atom is 0.245 e. The highest BCUT2D eigenvalue weighted by Crippen LogP contribution is 2.29. The number of nitrogens with one attached hydrogen (secondary N) is 1. The highest BCUT2D eigenvalue weighted by Gasteiger charge is 2.30. The maximum absolute atomic E-state index is 12.3. The summed E-state index contributed by atoms with van der Waals surface area (Å²) in [5.41, 5.74) is 7.61. The molecule has 6 heteroatoms. The second-order valence-corrected chi connectivity index (χ2v) is 5.42. The quantitative estimate of drug-likeness (QED) is 0.865. The van der Waals surface area contributed by atoms with E-state index in [1.54, 1.807) is 0 Å². The van der Waals surface area contributed by atoms with Gasteiger partial charge in [-0.25, -0.2) is 0 Å². The van der Waals surface area contributed by atoms with Gasteiger partial charge in [0.15, 0.2) is 0 Å². The standard InChI is InChI=1S/C15H22ClN3O2/c1-2-6-18-15(20)14-10-21-8-7-19(14)13-5-3-4-12(16)11(13)9-17/h3-5,14H,2,6-10,17H2,1H3,(H,18,20). The van der Waals surface area contributed by atoms with Crippen LogP contribution in [0.25, 0.3) is 0 Å². The number of nitrogens with two attached hydrogens (primary N) is 1. The first-order valence-corrected chi connectivity index (χ1v) is 7.66. The lowest BCUT2D eigenvalue weighted by Crippen LogP contribution is -2.54. The van der Waals surface area contributed by atoms with Crippen LogP contribution in [0.5, 0.6) is 0 Å². The molecule has 0 radical (unpaired) electrons. The minimum atomic E-state index is -0.339. The summed E-state index contributed by atoms with van der Waals surface area (Å²) in [6.45, 7) is 4.66. The van der Waals surface area contributed by atoms with E-state index < -0.39 is 0 Å². The third-order valence-corrected chi connectivity index (χ3v) is 3.94. The fraction of sp³-hybridized carbons (Fsp3) is 0.533. The van der Waals surface area contributed by atoms with Crippen LogP contribution in [0.2, 0.25) is 5.02 Å². The molecule has 5 nitrogen and oxygen atoms in total. The van der Waals surface area contributed by atoms with Crippen LogP contribution >= 0.6 is 11.6 Å². The van der Waals surface area contributed by atoms with E-state index in [4.69, 9.17) is 22.1 Å². The predicted octanol–water partition coefficient (Wildman–Crippen LogP) is 1.53. The summed E-state index contributed by atoms with van der Waals surface area (Å²) in [5, 5.41) is 3.56. The van der Waals surface area contributed by atoms with E-state index in [2.05, 4.69) is 5.32 Å². The number of hydrogen-bond acceptors (Lipinski definition) is 4. The molecule has 21 heavy (non-hydrogen) atoms. The van der Waals surface area contributed by atoms with Crippen molar-refractivity contribution >= 4 is 23.2 Å². The van der Waals surface area contributed by atoms with Crippen molar-refractivity contribution in [3.63, 3.8) is 0 Å². The van der Waals surface area contributed by atoms with Crippen molar-refractivity contribution in [1.29, 1.82) is 0 Å². The average molecular weight is 312 g/mol. The summed E-state index contributed by atoms with van der Waals surface area (Å²) in [6.07, 6.45) is 0.907. The van der Waals surface area contributed by atoms with Gasteiger partial charge in [-0.15, -0.1) is 0 Å². The first-order valence-electron chi connectivity index (χ1n) is 7.28. The number of carbonyl (C=O) groups excluding carboxylic acids is 1. The number of hydrogen-bond donors (Lipinski definition) is 2. The zero-order valence-electron chi connectivity index (χ0n) is 12.3. The molecule has 1 unspecified atom stereocenters. The Kier molecular flexibility index (Phi) is 5.85. The molecule has 1 atom stereocenters. The zero-order valence-corrected chi connectivity index (χ0v) is 13.0. The van der Waals surface area contributed by atoms with Gasteiger partial charge in [0.25, 0.3) is 0 Å². The van der Waals surface area contributed by atoms with E-state index in [0.29, 0.717) is 37.9 Å². The van der Waals surface area contributed by atoms with Crippen LogP contribution in [0.3, 0.4) is 0 Å². The van der Waals surface area contributed by atoms with Crippen LogP contribution < -0.4 is 16.0 Å². The SMILES string of the molecule is CCCNC(=O)C1COCCN1c1cccc(Cl)c1CN. The smallest absolute Gasteiger partial charge is 0.245 e. The van der Waals surface area contributed by atoms with Gasteiger partial charge in [-0.2, -0.15) is 0 Å². The highest BCUT2D eigenvalue weighted by molar-refractivity contribution is 6.31. The fourth-order valence-corrected chi connectivity index (χ4v) is 2.74. The Balaban J connectivity index is 2.26. The molecule has 3 N–H and O–H groups in total. The Labute approximate surface area is 130 Å². The number of benzene rings is 1. The monoisotopic (exact) mass is 311 g/mol. The molecule has 1 aliphatic rings. The first-order chi connectivity index (χ1) is 10.2. The molecular weight excluding hydrogens is 290 g/mol. The molecule has 1 fully saturated rings. The number of halogens is 1. The van der Waals surface area contributed by atoms with Crippen LogP contribution in [-0.4, -0.2) is 38.3 Å². The number of rotatable bonds is 5. The van der Waals surface area contributed by atoms with Gasteiger partial charge in [-0.1, -0.05) is 24.6 Å². The second kappa shape index (κ2) is 7.64. The van der Waals surface area contributed by atoms with E-state index in [1.165, 1.54) is 0 Å². The summed E-state index contributed by atoms with van der Waals surface area (Å²) in [6, 6.07) is 5.32. The number of nitrogens with zero attached hydrogens (tertiary/aromatic N) is 1. The van der Waals surface area contributed by atoms with E-state index in [1.807, 2.05) is 30.0 Å². The Hall–Kier alpha value is -1.30. The molecular formula is C15H22ClN3O2. The summed E-state index contributed by atoms with van der Waals surface area (Å²) in [4.78, 5) is 14.4. The lowest BCUT2D eigenvalue weighted by atomic mass is 10.1. The van der Waals surface area contributed by atoms with Gasteiger partial charge in [0.05, 0.1) is 13.2 Å². The third-order valence-electron chi connectivity index (χ3n) is 3.59. The lowest BCUT2D eigenvalue weighted by Gasteiger charge is -2.37. The van der Waals surface area contributed by atoms with Crippen molar-refractivity contribution in [3.05, 3.63) is 28.8 Å². The number of anilines is 1. The van der Waals surface area contributed by atoms with E-state index >= 15 is 0 Å². The van der Waals surface area contributed by atoms with Gasteiger partial charge in [0.1, 0.15) is 6.04 Å². The van der Waals surface area contributed by atoms with E-state index in [-0.39, 0.29) is 11.9 Å². The third kappa shape index (κ3) is 3.67. The molecule has 1 saturated heterocycles. The van der Waals surface area contributed by atoms with Crippen molar-refractivity contribution in [3.8, 4) is 0 Å². The van der Waals surface area contributed by atoms with Gasteiger partial charge in [0.2, 0.25) is 5.91 Å². The number of ether oxygens (including phenoxy) is 1. The number of amides is 1. The van der Waals surface area contributed by atoms with Crippen LogP contribution in [0.1, 0.15) is 18.9 Å². The van der Waals surface area contributed by atoms with Crippen molar-refractivity contribution in [1.82, 2.24) is 5.32 Å². The van der Waals surface area contributed by atoms with Crippen LogP contribution in [0.15, 0.2) is 18.2 Å². The van der Waals surface area contributed by atoms with Crippen LogP contribution in [0.4, 0.5) is 5.69 Å². The normalized spacial score (nSPS) is 18.6. The zero-order chi connectivity index (χ0) is 15.2. The molecule has 0 saturated carbocycles. The molecule has 1 amide bonds. The Morgan fingerprint density at radius 2 is 2.38 bits per heavy atom. The molecule has 0 bridgehead atoms. The molecule has 1 aromatic rings. The molecule has 0 spiro atoms. The topological polar surface area (TPSA) is 67.6 Å². The summed E-state index contributed by atoms with van der Waals surface area (Å²) >= 11 is 6.22. The average Bonchev–Trinajstić information content (AvgIpc) is 2.52. The van der Waals surface area contributed by atoms with E-state index in [0.717, 1.165) is 17.7 Å². The van der Waals surface area contributed by atoms with Crippen molar-refractivity contribution < 1.29 is 9.53 Å². The van der Waals surface area contributed by atoms with Gasteiger partial charge >= 0.3 is 0 Å². The highest BCUT2D eigenvalue weighted by atomic mass is 35.5. The van der Waals surface area contributed by atoms with Crippen LogP contribution in [0, 0.1) is 0 Å². The lowest BCUT2D eigenvalue weighted by molar-refractivity contribution is -0.124. The van der Waals surface area contributed by atoms with Gasteiger partial charge in [0, 0.05) is 35.9 Å². The largest absolute Gasteiger partial charge is 0.377 e. The number of morpholine rings is 1. The number of carbonyl (C=O) groups is 1. The Morgan fingerprint density at radius 1 is 1.57 bits per heavy atom. The summed E-state index contributed by atoms with van der Waals surface area (Å²) in [7, 11) is 0. The summed E-state index contributed by atoms with van der Waals surface area (Å²) < 4.78 is 5.47. The molecule has 0 aliphatic carbocycles. The van der Waals surface area contributed by atoms with Gasteiger partial charge in [-0.05, 0) is 18.6 Å². The van der Waals surface area contributed by atoms with Gasteiger partial charge < -0.3 is 20.7 Å². The minimum absolute atomic E-state index is 0.0144. The molecule has 2 rings (SSSR count). The Morgan fingerprint density at radius 3 is 3.10 bits per heavy atom. The van der Waals surface area contributed by atoms with Crippen LogP contribution in [-0.2, 0) is 16.1 Å². The predicted molar refractivity (Wildman–Crippen MR) is 84.6 cm³/mol. The molecule has 116 valence electrons. The molecule has 0 aromatic heterocycles. The van der Waals surface area contributed by atoms with E-state index in [9.17, 15) is 4.79 Å². The minimum Gasteiger partial charge on any atom is -0.377 e. The molecule has 1 aliphatic heterocycles. The maximum atomic E-state index is 12.3. The van der Waals surface area contributed by atoms with Crippen molar-refractivity contribution in [2.75, 3.05) is 31.2 Å². The first kappa shape index (κ1) is 16.1. The van der Waals surface area contributed by atoms with Crippen molar-refractivity contribution in [2.24, 2.45) is 5.73 Å². The Bertz CT molecular complexity index is 496. The summed E-state index contributed by atoms with van der Waals surface area (Å²) in [5.74, 6) is -0.0144. The second-order valence-electron chi connectivity index (χ2n) is 5.02. The molecule has 1 aromatic carbocycles. The van der Waals surface area contributed by atoms with Crippen molar-refractivity contribution in [2.45, 2.75) is 25.9 Å². The fourth-order valence-electron chi connectivity index (χ4n) is 2.49.